The number of benzene rings is 1. The van der Waals surface area contributed by atoms with Crippen LogP contribution in [0.1, 0.15) is 0 Å². The second kappa shape index (κ2) is 3.49. The molecule has 0 saturated carbocycles. The second-order valence-corrected chi connectivity index (χ2v) is 4.82. The third-order valence-corrected chi connectivity index (χ3v) is 3.80. The van der Waals surface area contributed by atoms with Crippen molar-refractivity contribution in [3.63, 3.8) is 0 Å². The molecule has 16 heavy (non-hydrogen) atoms. The van der Waals surface area contributed by atoms with Crippen LogP contribution in [-0.4, -0.2) is 12.3 Å². The lowest BCUT2D eigenvalue weighted by Crippen LogP contribution is -2.37. The molecule has 1 N–H and O–H groups in total. The summed E-state index contributed by atoms with van der Waals surface area (Å²) >= 11 is 1.71. The normalized spacial score (nSPS) is 14.5. The Bertz CT molecular complexity index is 626. The lowest BCUT2D eigenvalue weighted by molar-refractivity contribution is 1.18. The van der Waals surface area contributed by atoms with Crippen molar-refractivity contribution in [1.82, 2.24) is 0 Å². The van der Waals surface area contributed by atoms with Gasteiger partial charge in [-0.1, -0.05) is 18.2 Å². The number of thioether (sulfide) groups is 1. The summed E-state index contributed by atoms with van der Waals surface area (Å²) in [6, 6.07) is 7.73. The van der Waals surface area contributed by atoms with E-state index in [0.717, 1.165) is 22.8 Å². The highest BCUT2D eigenvalue weighted by Crippen LogP contribution is 2.34. The number of hydrogen-bond acceptors (Lipinski definition) is 4. The summed E-state index contributed by atoms with van der Waals surface area (Å²) in [5.74, 6) is 0.898. The van der Waals surface area contributed by atoms with Crippen LogP contribution in [0.5, 0.6) is 0 Å². The van der Waals surface area contributed by atoms with Crippen molar-refractivity contribution >= 4 is 17.4 Å². The Morgan fingerprint density at radius 1 is 1.12 bits per heavy atom. The average molecular weight is 231 g/mol. The van der Waals surface area contributed by atoms with Gasteiger partial charge in [0.1, 0.15) is 0 Å². The van der Waals surface area contributed by atoms with Gasteiger partial charge in [0, 0.05) is 22.8 Å². The molecule has 0 aromatic heterocycles. The van der Waals surface area contributed by atoms with Gasteiger partial charge in [-0.3, -0.25) is 9.59 Å². The second-order valence-electron chi connectivity index (χ2n) is 3.68. The van der Waals surface area contributed by atoms with Crippen LogP contribution in [0, 0.1) is 0 Å². The van der Waals surface area contributed by atoms with E-state index in [9.17, 15) is 9.59 Å². The smallest absolute Gasteiger partial charge is 0.250 e. The zero-order chi connectivity index (χ0) is 11.1. The highest BCUT2D eigenvalue weighted by Gasteiger charge is 2.24. The molecule has 1 heterocycles. The van der Waals surface area contributed by atoms with Gasteiger partial charge in [0.2, 0.25) is 10.9 Å². The van der Waals surface area contributed by atoms with E-state index in [4.69, 9.17) is 0 Å². The Balaban J connectivity index is 2.28. The fourth-order valence-corrected chi connectivity index (χ4v) is 2.88. The van der Waals surface area contributed by atoms with Gasteiger partial charge in [-0.05, 0) is 6.07 Å². The molecule has 0 unspecified atom stereocenters. The molecule has 0 aliphatic carbocycles. The summed E-state index contributed by atoms with van der Waals surface area (Å²) in [5.41, 5.74) is 1.21. The van der Waals surface area contributed by atoms with Crippen LogP contribution < -0.4 is 16.2 Å². The molecule has 2 aromatic carbocycles. The molecule has 0 fully saturated rings. The monoisotopic (exact) mass is 231 g/mol. The van der Waals surface area contributed by atoms with Gasteiger partial charge in [-0.15, -0.1) is 11.8 Å². The zero-order valence-electron chi connectivity index (χ0n) is 8.45. The summed E-state index contributed by atoms with van der Waals surface area (Å²) < 4.78 is 0. The van der Waals surface area contributed by atoms with E-state index >= 15 is 0 Å². The molecule has 0 bridgehead atoms. The first-order valence-electron chi connectivity index (χ1n) is 5.08. The molecular weight excluding hydrogens is 222 g/mol. The Labute approximate surface area is 96.2 Å². The molecule has 1 aliphatic rings. The number of nitrogens with one attached hydrogen (secondary N) is 1. The first-order chi connectivity index (χ1) is 7.79. The highest BCUT2D eigenvalue weighted by atomic mass is 32.2. The van der Waals surface area contributed by atoms with Gasteiger partial charge < -0.3 is 5.32 Å². The number of anilines is 1. The standard InChI is InChI=1S/C12H9NO2S/c14-11-9-7-3-1-2-4-8(7)16-6-5-13-10(9)12(11)15/h1-4,13H,5-6H2. The number of hydrogen-bond donors (Lipinski definition) is 1. The lowest BCUT2D eigenvalue weighted by Gasteiger charge is -2.18. The Hall–Kier alpha value is -1.55. The van der Waals surface area contributed by atoms with Crippen LogP contribution in [0.3, 0.4) is 0 Å². The molecule has 0 radical (unpaired) electrons. The largest absolute Gasteiger partial charge is 0.380 e. The molecule has 3 nitrogen and oxygen atoms in total. The summed E-state index contributed by atoms with van der Waals surface area (Å²) in [7, 11) is 0. The van der Waals surface area contributed by atoms with E-state index < -0.39 is 0 Å². The van der Waals surface area contributed by atoms with Gasteiger partial charge in [0.25, 0.3) is 0 Å². The SMILES string of the molecule is O=c1c2c(c1=O)-c1ccccc1SCCN2. The molecule has 1 aliphatic heterocycles. The minimum absolute atomic E-state index is 0.363. The lowest BCUT2D eigenvalue weighted by atomic mass is 9.98. The first kappa shape index (κ1) is 9.66. The van der Waals surface area contributed by atoms with Crippen molar-refractivity contribution in [3.05, 3.63) is 44.7 Å². The van der Waals surface area contributed by atoms with Gasteiger partial charge in [-0.25, -0.2) is 0 Å². The maximum Gasteiger partial charge on any atom is 0.250 e. The Morgan fingerprint density at radius 2 is 1.94 bits per heavy atom. The zero-order valence-corrected chi connectivity index (χ0v) is 9.26. The molecule has 3 rings (SSSR count). The predicted molar refractivity (Wildman–Crippen MR) is 66.0 cm³/mol. The first-order valence-corrected chi connectivity index (χ1v) is 6.07. The molecule has 4 heteroatoms. The van der Waals surface area contributed by atoms with Crippen molar-refractivity contribution in [2.24, 2.45) is 0 Å². The van der Waals surface area contributed by atoms with Crippen LogP contribution in [-0.2, 0) is 0 Å². The van der Waals surface area contributed by atoms with E-state index in [2.05, 4.69) is 5.32 Å². The molecule has 2 aromatic rings. The van der Waals surface area contributed by atoms with Crippen molar-refractivity contribution in [2.45, 2.75) is 4.90 Å². The minimum atomic E-state index is -0.378. The van der Waals surface area contributed by atoms with Gasteiger partial charge in [-0.2, -0.15) is 0 Å². The maximum absolute atomic E-state index is 11.6. The third kappa shape index (κ3) is 1.23. The Morgan fingerprint density at radius 3 is 2.81 bits per heavy atom. The minimum Gasteiger partial charge on any atom is -0.380 e. The molecule has 0 amide bonds. The molecule has 80 valence electrons. The average Bonchev–Trinajstić information content (AvgIpc) is 2.29. The molecule has 0 spiro atoms. The van der Waals surface area contributed by atoms with Crippen LogP contribution in [0.4, 0.5) is 5.69 Å². The molecule has 0 atom stereocenters. The summed E-state index contributed by atoms with van der Waals surface area (Å²) in [4.78, 5) is 24.0. The summed E-state index contributed by atoms with van der Waals surface area (Å²) in [5, 5.41) is 3.03. The van der Waals surface area contributed by atoms with Crippen LogP contribution in [0.15, 0.2) is 38.8 Å². The van der Waals surface area contributed by atoms with E-state index in [1.54, 1.807) is 11.8 Å². The fraction of sp³-hybridized carbons (Fsp3) is 0.167. The number of fused-ring (bicyclic) bond motifs is 3. The van der Waals surface area contributed by atoms with E-state index in [1.807, 2.05) is 24.3 Å². The van der Waals surface area contributed by atoms with Crippen molar-refractivity contribution in [2.75, 3.05) is 17.6 Å². The predicted octanol–water partition coefficient (Wildman–Crippen LogP) is 1.47. The van der Waals surface area contributed by atoms with E-state index in [-0.39, 0.29) is 10.9 Å². The Kier molecular flexibility index (Phi) is 2.11. The third-order valence-electron chi connectivity index (χ3n) is 2.73. The van der Waals surface area contributed by atoms with E-state index in [0.29, 0.717) is 11.3 Å². The van der Waals surface area contributed by atoms with Crippen molar-refractivity contribution in [1.29, 1.82) is 0 Å². The van der Waals surface area contributed by atoms with Crippen LogP contribution >= 0.6 is 11.8 Å². The fourth-order valence-electron chi connectivity index (χ4n) is 1.95. The quantitative estimate of drug-likeness (QED) is 0.697. The van der Waals surface area contributed by atoms with Crippen molar-refractivity contribution < 1.29 is 0 Å². The number of rotatable bonds is 0. The maximum atomic E-state index is 11.6. The van der Waals surface area contributed by atoms with Gasteiger partial charge in [0.05, 0.1) is 11.3 Å². The molecular formula is C12H9NO2S. The summed E-state index contributed by atoms with van der Waals surface area (Å²) in [6.45, 7) is 0.719. The van der Waals surface area contributed by atoms with Crippen molar-refractivity contribution in [3.8, 4) is 11.1 Å². The summed E-state index contributed by atoms with van der Waals surface area (Å²) in [6.07, 6.45) is 0. The topological polar surface area (TPSA) is 46.2 Å². The van der Waals surface area contributed by atoms with Crippen LogP contribution in [0.2, 0.25) is 0 Å². The van der Waals surface area contributed by atoms with Gasteiger partial charge >= 0.3 is 0 Å². The highest BCUT2D eigenvalue weighted by molar-refractivity contribution is 7.99. The van der Waals surface area contributed by atoms with E-state index in [1.165, 1.54) is 0 Å². The van der Waals surface area contributed by atoms with Crippen LogP contribution in [0.25, 0.3) is 11.1 Å². The molecule has 0 saturated heterocycles. The van der Waals surface area contributed by atoms with Gasteiger partial charge in [0.15, 0.2) is 0 Å².